The minimum Gasteiger partial charge on any atom is -0.382 e. The van der Waals surface area contributed by atoms with E-state index in [1.165, 1.54) is 71.6 Å². The molecule has 0 aliphatic carbocycles. The van der Waals surface area contributed by atoms with Gasteiger partial charge in [-0.15, -0.1) is 11.8 Å². The van der Waals surface area contributed by atoms with E-state index in [1.54, 1.807) is 6.92 Å². The first-order valence-electron chi connectivity index (χ1n) is 12.1. The molecule has 0 saturated carbocycles. The van der Waals surface area contributed by atoms with Gasteiger partial charge in [-0.3, -0.25) is 0 Å². The number of allylic oxidation sites excluding steroid dienone is 3. The van der Waals surface area contributed by atoms with Gasteiger partial charge in [0.25, 0.3) is 0 Å². The Bertz CT molecular complexity index is 1330. The van der Waals surface area contributed by atoms with Gasteiger partial charge in [-0.05, 0) is 35.9 Å². The van der Waals surface area contributed by atoms with Crippen molar-refractivity contribution in [3.05, 3.63) is 101 Å². The number of aromatic nitrogens is 3. The molecule has 3 aromatic rings. The van der Waals surface area contributed by atoms with E-state index < -0.39 is 40.5 Å². The van der Waals surface area contributed by atoms with Crippen molar-refractivity contribution < 1.29 is 36.5 Å². The van der Waals surface area contributed by atoms with Gasteiger partial charge in [0.1, 0.15) is 29.9 Å². The van der Waals surface area contributed by atoms with Gasteiger partial charge in [-0.25, -0.2) is 18.4 Å². The molecule has 214 valence electrons. The summed E-state index contributed by atoms with van der Waals surface area (Å²) in [6, 6.07) is 8.29. The highest BCUT2D eigenvalue weighted by atomic mass is 35.5. The van der Waals surface area contributed by atoms with Crippen molar-refractivity contribution in [2.45, 2.75) is 42.0 Å². The number of rotatable bonds is 9. The Hall–Kier alpha value is -2.77. The molecule has 40 heavy (non-hydrogen) atoms. The zero-order chi connectivity index (χ0) is 28.9. The molecule has 2 heterocycles. The van der Waals surface area contributed by atoms with Crippen molar-refractivity contribution in [3.8, 4) is 0 Å². The van der Waals surface area contributed by atoms with E-state index in [9.17, 15) is 27.1 Å². The van der Waals surface area contributed by atoms with Crippen molar-refractivity contribution in [1.82, 2.24) is 14.8 Å². The largest absolute Gasteiger partial charge is 0.416 e. The smallest absolute Gasteiger partial charge is 0.382 e. The maximum absolute atomic E-state index is 14.7. The third kappa shape index (κ3) is 7.49. The van der Waals surface area contributed by atoms with Crippen LogP contribution in [0.3, 0.4) is 0 Å². The molecule has 6 nitrogen and oxygen atoms in total. The summed E-state index contributed by atoms with van der Waals surface area (Å²) < 4.78 is 81.6. The predicted molar refractivity (Wildman–Crippen MR) is 141 cm³/mol. The molecule has 2 aromatic carbocycles. The summed E-state index contributed by atoms with van der Waals surface area (Å²) in [6.45, 7) is 1.85. The van der Waals surface area contributed by atoms with Crippen LogP contribution in [-0.2, 0) is 21.6 Å². The number of aliphatic hydroxyl groups is 1. The van der Waals surface area contributed by atoms with Gasteiger partial charge < -0.3 is 14.6 Å². The van der Waals surface area contributed by atoms with Crippen LogP contribution < -0.4 is 0 Å². The van der Waals surface area contributed by atoms with E-state index in [2.05, 4.69) is 10.1 Å². The van der Waals surface area contributed by atoms with Crippen molar-refractivity contribution in [2.75, 3.05) is 13.2 Å². The molecule has 1 N–H and O–H groups in total. The maximum Gasteiger partial charge on any atom is 0.416 e. The Morgan fingerprint density at radius 3 is 2.48 bits per heavy atom. The Morgan fingerprint density at radius 1 is 1.18 bits per heavy atom. The minimum atomic E-state index is -4.59. The van der Waals surface area contributed by atoms with E-state index in [0.29, 0.717) is 11.1 Å². The fourth-order valence-corrected chi connectivity index (χ4v) is 5.60. The quantitative estimate of drug-likeness (QED) is 0.234. The summed E-state index contributed by atoms with van der Waals surface area (Å²) >= 11 is 7.05. The number of nitrogens with zero attached hydrogens (tertiary/aromatic N) is 3. The molecule has 0 radical (unpaired) electrons. The topological polar surface area (TPSA) is 69.4 Å². The molecule has 1 saturated heterocycles. The van der Waals surface area contributed by atoms with Gasteiger partial charge in [-0.1, -0.05) is 42.8 Å². The van der Waals surface area contributed by atoms with Gasteiger partial charge in [0.05, 0.1) is 30.6 Å². The standard InChI is InChI=1S/C27H25ClF5N3O3S/c1-17(26(37,14-36-16-34-15-35-36)23-10-9-20(29)11-24(23)30)40-21-12-38-25(39-13-21)4-2-3-22(27(31,32)33)18-5-7-19(28)8-6-18/h2-11,15-17,21,25,37H,12-14H2,1H3. The van der Waals surface area contributed by atoms with Crippen molar-refractivity contribution in [3.63, 3.8) is 0 Å². The number of hydrogen-bond acceptors (Lipinski definition) is 6. The van der Waals surface area contributed by atoms with Crippen molar-refractivity contribution >= 4 is 28.9 Å². The molecule has 13 heteroatoms. The van der Waals surface area contributed by atoms with Crippen LogP contribution >= 0.6 is 23.4 Å². The van der Waals surface area contributed by atoms with Crippen LogP contribution in [-0.4, -0.2) is 56.1 Å². The van der Waals surface area contributed by atoms with Crippen LogP contribution in [0.15, 0.2) is 73.3 Å². The Labute approximate surface area is 236 Å². The highest BCUT2D eigenvalue weighted by Gasteiger charge is 2.41. The molecule has 0 spiro atoms. The Balaban J connectivity index is 1.41. The van der Waals surface area contributed by atoms with E-state index >= 15 is 0 Å². The van der Waals surface area contributed by atoms with Crippen LogP contribution in [0.5, 0.6) is 0 Å². The van der Waals surface area contributed by atoms with E-state index in [1.807, 2.05) is 0 Å². The third-order valence-electron chi connectivity index (χ3n) is 6.22. The van der Waals surface area contributed by atoms with Gasteiger partial charge in [-0.2, -0.15) is 18.3 Å². The van der Waals surface area contributed by atoms with Crippen molar-refractivity contribution in [2.24, 2.45) is 0 Å². The molecule has 1 aromatic heterocycles. The lowest BCUT2D eigenvalue weighted by molar-refractivity contribution is -0.146. The molecule has 2 unspecified atom stereocenters. The predicted octanol–water partition coefficient (Wildman–Crippen LogP) is 6.16. The fourth-order valence-electron chi connectivity index (χ4n) is 4.15. The van der Waals surface area contributed by atoms with Crippen LogP contribution in [0.1, 0.15) is 18.1 Å². The molecule has 4 rings (SSSR count). The number of thioether (sulfide) groups is 1. The number of hydrogen-bond donors (Lipinski definition) is 1. The second-order valence-corrected chi connectivity index (χ2v) is 11.1. The Kier molecular flexibility index (Phi) is 9.68. The summed E-state index contributed by atoms with van der Waals surface area (Å²) in [5.41, 5.74) is -2.78. The van der Waals surface area contributed by atoms with Crippen LogP contribution in [0.25, 0.3) is 5.57 Å². The van der Waals surface area contributed by atoms with E-state index in [4.69, 9.17) is 21.1 Å². The number of halogens is 6. The van der Waals surface area contributed by atoms with Crippen LogP contribution in [0.2, 0.25) is 5.02 Å². The zero-order valence-electron chi connectivity index (χ0n) is 21.1. The second kappa shape index (κ2) is 12.8. The summed E-state index contributed by atoms with van der Waals surface area (Å²) in [4.78, 5) is 3.85. The number of alkyl halides is 3. The molecule has 1 aliphatic heterocycles. The van der Waals surface area contributed by atoms with Gasteiger partial charge in [0.15, 0.2) is 6.29 Å². The highest BCUT2D eigenvalue weighted by Crippen LogP contribution is 2.39. The molecular weight excluding hydrogens is 577 g/mol. The third-order valence-corrected chi connectivity index (χ3v) is 7.93. The van der Waals surface area contributed by atoms with Gasteiger partial charge in [0.2, 0.25) is 0 Å². The lowest BCUT2D eigenvalue weighted by Crippen LogP contribution is -2.43. The molecule has 0 bridgehead atoms. The van der Waals surface area contributed by atoms with Gasteiger partial charge in [0, 0.05) is 21.9 Å². The van der Waals surface area contributed by atoms with Gasteiger partial charge >= 0.3 is 6.18 Å². The zero-order valence-corrected chi connectivity index (χ0v) is 22.6. The second-order valence-electron chi connectivity index (χ2n) is 9.05. The first-order chi connectivity index (χ1) is 19.0. The summed E-state index contributed by atoms with van der Waals surface area (Å²) in [6.07, 6.45) is 0.689. The van der Waals surface area contributed by atoms with Crippen molar-refractivity contribution in [1.29, 1.82) is 0 Å². The SMILES string of the molecule is CC(SC1COC(C=CC=C(c2ccc(Cl)cc2)C(F)(F)F)OC1)C(O)(Cn1cncn1)c1ccc(F)cc1F. The Morgan fingerprint density at radius 2 is 1.88 bits per heavy atom. The number of ether oxygens (including phenoxy) is 2. The first-order valence-corrected chi connectivity index (χ1v) is 13.4. The van der Waals surface area contributed by atoms with E-state index in [0.717, 1.165) is 12.1 Å². The van der Waals surface area contributed by atoms with Crippen LogP contribution in [0.4, 0.5) is 22.0 Å². The summed E-state index contributed by atoms with van der Waals surface area (Å²) in [5.74, 6) is -1.68. The normalized spacial score (nSPS) is 20.9. The molecule has 2 atom stereocenters. The average Bonchev–Trinajstić information content (AvgIpc) is 3.40. The molecule has 0 amide bonds. The summed E-state index contributed by atoms with van der Waals surface area (Å²) in [5, 5.41) is 15.0. The lowest BCUT2D eigenvalue weighted by atomic mass is 9.90. The minimum absolute atomic E-state index is 0.0338. The van der Waals surface area contributed by atoms with E-state index in [-0.39, 0.29) is 36.1 Å². The molecule has 1 fully saturated rings. The monoisotopic (exact) mass is 601 g/mol. The maximum atomic E-state index is 14.7. The first kappa shape index (κ1) is 30.2. The average molecular weight is 602 g/mol. The summed E-state index contributed by atoms with van der Waals surface area (Å²) in [7, 11) is 0. The number of benzene rings is 2. The molecular formula is C27H25ClF5N3O3S. The lowest BCUT2D eigenvalue weighted by Gasteiger charge is -2.37. The highest BCUT2D eigenvalue weighted by molar-refractivity contribution is 8.00. The van der Waals surface area contributed by atoms with Crippen LogP contribution in [0, 0.1) is 11.6 Å². The fraction of sp³-hybridized carbons (Fsp3) is 0.333. The molecule has 1 aliphatic rings.